The van der Waals surface area contributed by atoms with E-state index in [4.69, 9.17) is 0 Å². The van der Waals surface area contributed by atoms with E-state index in [2.05, 4.69) is 62.4 Å². The van der Waals surface area contributed by atoms with E-state index in [1.807, 2.05) is 0 Å². The van der Waals surface area contributed by atoms with Crippen LogP contribution in [0.5, 0.6) is 0 Å². The lowest BCUT2D eigenvalue weighted by Crippen LogP contribution is -3.61. The predicted octanol–water partition coefficient (Wildman–Crippen LogP) is 3.09. The van der Waals surface area contributed by atoms with Crippen molar-refractivity contribution < 1.29 is 34.2 Å². The minimum absolute atomic E-state index is 0.0240. The molecule has 0 saturated carbocycles. The van der Waals surface area contributed by atoms with Crippen LogP contribution in [0.15, 0.2) is 83.8 Å². The number of benzene rings is 3. The molecule has 3 aromatic carbocycles. The molecular formula is C26H31IO3S. The van der Waals surface area contributed by atoms with Crippen molar-refractivity contribution in [3.8, 4) is 0 Å². The van der Waals surface area contributed by atoms with Gasteiger partial charge >= 0.3 is 21.2 Å². The van der Waals surface area contributed by atoms with Crippen molar-refractivity contribution in [2.24, 2.45) is 0 Å². The van der Waals surface area contributed by atoms with Gasteiger partial charge in [0.25, 0.3) is 0 Å². The molecule has 166 valence electrons. The zero-order valence-electron chi connectivity index (χ0n) is 18.3. The summed E-state index contributed by atoms with van der Waals surface area (Å²) in [6, 6.07) is 25.8. The molecule has 0 heterocycles. The fourth-order valence-electron chi connectivity index (χ4n) is 2.90. The predicted molar refractivity (Wildman–Crippen MR) is 122 cm³/mol. The Kier molecular flexibility index (Phi) is 11.3. The first-order valence-corrected chi connectivity index (χ1v) is 14.3. The van der Waals surface area contributed by atoms with Gasteiger partial charge in [-0.05, 0) is 73.2 Å². The smallest absolute Gasteiger partial charge is 0.357 e. The Bertz CT molecular complexity index is 934. The molecule has 0 aromatic heterocycles. The molecule has 3 nitrogen and oxygen atoms in total. The summed E-state index contributed by atoms with van der Waals surface area (Å²) < 4.78 is 33.9. The molecule has 0 bridgehead atoms. The summed E-state index contributed by atoms with van der Waals surface area (Å²) in [5.74, 6) is 0. The standard InChI is InChI=1S/C20H26I.C6H6O3S/c1-3-5-7-17-9-13-19(14-10-17)21-20-15-11-18(12-16-20)8-6-4-2;7-10(8,9)6-4-2-1-3-5-6/h9-16H,3-8H2,1-2H3;1-5H,(H,7,8,9)/q+1;/p-1. The molecule has 0 unspecified atom stereocenters. The van der Waals surface area contributed by atoms with Gasteiger partial charge in [0.05, 0.1) is 4.90 Å². The summed E-state index contributed by atoms with van der Waals surface area (Å²) in [6.07, 6.45) is 7.60. The lowest BCUT2D eigenvalue weighted by atomic mass is 10.1. The number of aryl methyl sites for hydroxylation is 2. The van der Waals surface area contributed by atoms with Crippen LogP contribution in [0.1, 0.15) is 50.7 Å². The Morgan fingerprint density at radius 3 is 1.42 bits per heavy atom. The molecule has 3 rings (SSSR count). The lowest BCUT2D eigenvalue weighted by Gasteiger charge is -2.04. The summed E-state index contributed by atoms with van der Waals surface area (Å²) >= 11 is -0.0240. The third kappa shape index (κ3) is 9.97. The number of halogens is 1. The van der Waals surface area contributed by atoms with Crippen LogP contribution in [-0.2, 0) is 23.0 Å². The minimum atomic E-state index is -4.25. The number of hydrogen-bond donors (Lipinski definition) is 0. The maximum Gasteiger partial charge on any atom is 0.357 e. The van der Waals surface area contributed by atoms with Crippen LogP contribution in [0.4, 0.5) is 0 Å². The monoisotopic (exact) mass is 550 g/mol. The normalized spacial score (nSPS) is 10.9. The summed E-state index contributed by atoms with van der Waals surface area (Å²) in [4.78, 5) is -0.185. The van der Waals surface area contributed by atoms with Gasteiger partial charge < -0.3 is 4.55 Å². The fourth-order valence-corrected chi connectivity index (χ4v) is 5.55. The van der Waals surface area contributed by atoms with E-state index in [1.54, 1.807) is 6.07 Å². The Morgan fingerprint density at radius 2 is 1.10 bits per heavy atom. The van der Waals surface area contributed by atoms with Crippen molar-refractivity contribution in [3.63, 3.8) is 0 Å². The van der Waals surface area contributed by atoms with Gasteiger partial charge in [-0.15, -0.1) is 0 Å². The van der Waals surface area contributed by atoms with Crippen molar-refractivity contribution in [1.29, 1.82) is 0 Å². The summed E-state index contributed by atoms with van der Waals surface area (Å²) in [6.45, 7) is 4.51. The molecule has 0 amide bonds. The Balaban J connectivity index is 0.000000285. The molecule has 3 aromatic rings. The molecule has 31 heavy (non-hydrogen) atoms. The summed E-state index contributed by atoms with van der Waals surface area (Å²) in [5.41, 5.74) is 2.97. The quantitative estimate of drug-likeness (QED) is 0.304. The molecule has 0 atom stereocenters. The van der Waals surface area contributed by atoms with Crippen LogP contribution in [-0.4, -0.2) is 13.0 Å². The molecule has 0 saturated heterocycles. The molecule has 0 N–H and O–H groups in total. The van der Waals surface area contributed by atoms with Gasteiger partial charge in [0.1, 0.15) is 10.1 Å². The van der Waals surface area contributed by atoms with E-state index in [0.29, 0.717) is 0 Å². The van der Waals surface area contributed by atoms with Gasteiger partial charge in [0.15, 0.2) is 7.14 Å². The van der Waals surface area contributed by atoms with Crippen molar-refractivity contribution in [2.45, 2.75) is 57.3 Å². The first kappa shape index (κ1) is 25.6. The van der Waals surface area contributed by atoms with Gasteiger partial charge in [0.2, 0.25) is 0 Å². The maximum atomic E-state index is 10.3. The van der Waals surface area contributed by atoms with Gasteiger partial charge in [-0.25, -0.2) is 8.42 Å². The molecule has 0 aliphatic rings. The molecule has 0 fully saturated rings. The number of unbranched alkanes of at least 4 members (excludes halogenated alkanes) is 2. The Labute approximate surface area is 197 Å². The van der Waals surface area contributed by atoms with Crippen molar-refractivity contribution in [2.75, 3.05) is 0 Å². The van der Waals surface area contributed by atoms with E-state index in [1.165, 1.54) is 81.1 Å². The fraction of sp³-hybridized carbons (Fsp3) is 0.308. The molecule has 0 aliphatic carbocycles. The van der Waals surface area contributed by atoms with Gasteiger partial charge in [-0.3, -0.25) is 0 Å². The van der Waals surface area contributed by atoms with E-state index < -0.39 is 10.1 Å². The number of rotatable bonds is 9. The van der Waals surface area contributed by atoms with Crippen LogP contribution in [0, 0.1) is 7.14 Å². The zero-order valence-corrected chi connectivity index (χ0v) is 21.2. The zero-order chi connectivity index (χ0) is 22.5. The van der Waals surface area contributed by atoms with Crippen molar-refractivity contribution >= 4 is 10.1 Å². The molecule has 0 aliphatic heterocycles. The van der Waals surface area contributed by atoms with Crippen molar-refractivity contribution in [1.82, 2.24) is 0 Å². The van der Waals surface area contributed by atoms with Gasteiger partial charge in [0, 0.05) is 0 Å². The van der Waals surface area contributed by atoms with E-state index >= 15 is 0 Å². The van der Waals surface area contributed by atoms with E-state index in [0.717, 1.165) is 0 Å². The first-order valence-electron chi connectivity index (χ1n) is 10.8. The molecule has 5 heteroatoms. The van der Waals surface area contributed by atoms with Crippen LogP contribution in [0.2, 0.25) is 0 Å². The third-order valence-corrected chi connectivity index (χ3v) is 8.25. The maximum absolute atomic E-state index is 10.3. The van der Waals surface area contributed by atoms with Crippen LogP contribution in [0.3, 0.4) is 0 Å². The Morgan fingerprint density at radius 1 is 0.677 bits per heavy atom. The summed E-state index contributed by atoms with van der Waals surface area (Å²) in [5, 5.41) is 0. The highest BCUT2D eigenvalue weighted by molar-refractivity contribution is 7.85. The largest absolute Gasteiger partial charge is 0.744 e. The highest BCUT2D eigenvalue weighted by Gasteiger charge is 2.14. The van der Waals surface area contributed by atoms with Crippen LogP contribution >= 0.6 is 0 Å². The van der Waals surface area contributed by atoms with E-state index in [-0.39, 0.29) is 26.1 Å². The van der Waals surface area contributed by atoms with Crippen molar-refractivity contribution in [3.05, 3.63) is 97.1 Å². The minimum Gasteiger partial charge on any atom is -0.744 e. The average molecular weight is 551 g/mol. The second-order valence-corrected chi connectivity index (χ2v) is 11.7. The number of hydrogen-bond acceptors (Lipinski definition) is 3. The molecule has 0 radical (unpaired) electrons. The highest BCUT2D eigenvalue weighted by atomic mass is 127. The first-order chi connectivity index (χ1) is 14.9. The van der Waals surface area contributed by atoms with Crippen LogP contribution in [0.25, 0.3) is 0 Å². The topological polar surface area (TPSA) is 57.2 Å². The molecule has 0 spiro atoms. The lowest BCUT2D eigenvalue weighted by molar-refractivity contribution is -0.597. The van der Waals surface area contributed by atoms with Gasteiger partial charge in [-0.2, -0.15) is 0 Å². The second kappa shape index (κ2) is 13.7. The second-order valence-electron chi connectivity index (χ2n) is 7.32. The Hall–Kier alpha value is -1.70. The average Bonchev–Trinajstić information content (AvgIpc) is 2.79. The highest BCUT2D eigenvalue weighted by Crippen LogP contribution is 2.06. The molecular weight excluding hydrogens is 519 g/mol. The van der Waals surface area contributed by atoms with Crippen LogP contribution < -0.4 is 21.2 Å². The van der Waals surface area contributed by atoms with Gasteiger partial charge in [-0.1, -0.05) is 69.2 Å². The SMILES string of the molecule is CCCCc1ccc([I+]c2ccc(CCCC)cc2)cc1.O=S(=O)([O-])c1ccccc1. The third-order valence-electron chi connectivity index (χ3n) is 4.71. The summed E-state index contributed by atoms with van der Waals surface area (Å²) in [7, 11) is -4.25. The van der Waals surface area contributed by atoms with E-state index in [9.17, 15) is 13.0 Å².